The summed E-state index contributed by atoms with van der Waals surface area (Å²) >= 11 is 2.43. The van der Waals surface area contributed by atoms with Crippen LogP contribution in [0.4, 0.5) is 5.69 Å². The number of hydrogen-bond donors (Lipinski definition) is 1. The second-order valence-electron chi connectivity index (χ2n) is 7.90. The lowest BCUT2D eigenvalue weighted by Crippen LogP contribution is -2.35. The van der Waals surface area contributed by atoms with Crippen molar-refractivity contribution in [2.75, 3.05) is 12.4 Å². The minimum absolute atomic E-state index is 0.272. The van der Waals surface area contributed by atoms with Gasteiger partial charge in [-0.05, 0) is 107 Å². The normalized spacial score (nSPS) is 31.1. The zero-order chi connectivity index (χ0) is 17.8. The lowest BCUT2D eigenvalue weighted by Gasteiger charge is -2.43. The van der Waals surface area contributed by atoms with Gasteiger partial charge in [-0.2, -0.15) is 0 Å². The van der Waals surface area contributed by atoms with Crippen molar-refractivity contribution in [1.82, 2.24) is 0 Å². The number of halogens is 1. The molecule has 1 aliphatic heterocycles. The molecule has 2 aromatic carbocycles. The molecule has 0 aromatic heterocycles. The van der Waals surface area contributed by atoms with Crippen LogP contribution in [0.2, 0.25) is 0 Å². The first kappa shape index (κ1) is 16.6. The van der Waals surface area contributed by atoms with E-state index in [2.05, 4.69) is 58.2 Å². The van der Waals surface area contributed by atoms with E-state index in [1.165, 1.54) is 46.8 Å². The lowest BCUT2D eigenvalue weighted by molar-refractivity contribution is 0.0600. The number of nitrogens with one attached hydrogen (secondary N) is 1. The summed E-state index contributed by atoms with van der Waals surface area (Å²) in [6.45, 7) is 0. The number of ether oxygens (including phenoxy) is 1. The van der Waals surface area contributed by atoms with Crippen molar-refractivity contribution in [2.45, 2.75) is 31.2 Å². The van der Waals surface area contributed by atoms with Crippen molar-refractivity contribution in [2.24, 2.45) is 17.8 Å². The Hall–Kier alpha value is -1.56. The number of carbonyl (C=O) groups excluding carboxylic acids is 1. The SMILES string of the molecule is COC(=O)c1ccc([C@@H]2Nc3ccc(I)cc3[C@@H]3[C@H]4CC[C@@H](C4)[C@@H]32)cc1. The van der Waals surface area contributed by atoms with Crippen LogP contribution in [-0.2, 0) is 4.74 Å². The van der Waals surface area contributed by atoms with E-state index in [-0.39, 0.29) is 5.97 Å². The number of methoxy groups -OCH3 is 1. The number of fused-ring (bicyclic) bond motifs is 7. The molecule has 5 rings (SSSR count). The maximum Gasteiger partial charge on any atom is 0.337 e. The molecule has 2 saturated carbocycles. The number of rotatable bonds is 2. The van der Waals surface area contributed by atoms with E-state index in [1.54, 1.807) is 0 Å². The first-order chi connectivity index (χ1) is 12.7. The predicted octanol–water partition coefficient (Wildman–Crippen LogP) is 5.37. The van der Waals surface area contributed by atoms with Crippen LogP contribution in [0.25, 0.3) is 0 Å². The highest BCUT2D eigenvalue weighted by Crippen LogP contribution is 2.63. The van der Waals surface area contributed by atoms with Crippen LogP contribution in [0, 0.1) is 21.3 Å². The van der Waals surface area contributed by atoms with E-state index in [0.717, 1.165) is 11.8 Å². The maximum absolute atomic E-state index is 11.7. The zero-order valence-electron chi connectivity index (χ0n) is 14.7. The number of esters is 1. The third kappa shape index (κ3) is 2.48. The van der Waals surface area contributed by atoms with E-state index in [9.17, 15) is 4.79 Å². The summed E-state index contributed by atoms with van der Waals surface area (Å²) in [6.07, 6.45) is 4.12. The second-order valence-corrected chi connectivity index (χ2v) is 9.15. The Labute approximate surface area is 167 Å². The van der Waals surface area contributed by atoms with Crippen LogP contribution in [0.3, 0.4) is 0 Å². The summed E-state index contributed by atoms with van der Waals surface area (Å²) in [7, 11) is 1.43. The molecular weight excluding hydrogens is 437 g/mol. The van der Waals surface area contributed by atoms with Gasteiger partial charge in [-0.15, -0.1) is 0 Å². The van der Waals surface area contributed by atoms with Crippen molar-refractivity contribution in [3.63, 3.8) is 0 Å². The van der Waals surface area contributed by atoms with Crippen molar-refractivity contribution in [3.8, 4) is 0 Å². The predicted molar refractivity (Wildman–Crippen MR) is 110 cm³/mol. The van der Waals surface area contributed by atoms with Gasteiger partial charge in [0.25, 0.3) is 0 Å². The molecule has 1 heterocycles. The van der Waals surface area contributed by atoms with E-state index < -0.39 is 0 Å². The first-order valence-corrected chi connectivity index (χ1v) is 10.5. The molecule has 0 amide bonds. The fraction of sp³-hybridized carbons (Fsp3) is 0.409. The van der Waals surface area contributed by atoms with Crippen molar-refractivity contribution >= 4 is 34.2 Å². The number of benzene rings is 2. The summed E-state index contributed by atoms with van der Waals surface area (Å²) in [5.74, 6) is 2.70. The van der Waals surface area contributed by atoms with Gasteiger partial charge in [-0.25, -0.2) is 4.79 Å². The van der Waals surface area contributed by atoms with Gasteiger partial charge in [0.2, 0.25) is 0 Å². The van der Waals surface area contributed by atoms with Crippen molar-refractivity contribution < 1.29 is 9.53 Å². The Morgan fingerprint density at radius 3 is 2.65 bits per heavy atom. The highest BCUT2D eigenvalue weighted by Gasteiger charge is 2.53. The molecule has 2 bridgehead atoms. The smallest absolute Gasteiger partial charge is 0.337 e. The standard InChI is InChI=1S/C22H22INO2/c1-26-22(25)13-4-2-12(3-5-13)21-20-15-7-6-14(10-15)19(20)17-11-16(23)8-9-18(17)24-21/h2-5,8-9,11,14-15,19-21,24H,6-7,10H2,1H3/t14-,15-,19-,20-,21-/m0/s1. The molecular formula is C22H22INO2. The molecule has 2 fully saturated rings. The summed E-state index contributed by atoms with van der Waals surface area (Å²) in [5, 5.41) is 3.84. The fourth-order valence-corrected chi connectivity index (χ4v) is 6.25. The molecule has 3 aliphatic rings. The van der Waals surface area contributed by atoms with Gasteiger partial charge in [0.1, 0.15) is 0 Å². The molecule has 1 N–H and O–H groups in total. The Kier molecular flexibility index (Phi) is 3.99. The summed E-state index contributed by atoms with van der Waals surface area (Å²) in [6, 6.07) is 15.2. The Morgan fingerprint density at radius 2 is 1.88 bits per heavy atom. The molecule has 0 spiro atoms. The number of anilines is 1. The van der Waals surface area contributed by atoms with Gasteiger partial charge in [0.15, 0.2) is 0 Å². The average Bonchev–Trinajstić information content (AvgIpc) is 3.29. The molecule has 0 radical (unpaired) electrons. The molecule has 4 heteroatoms. The lowest BCUT2D eigenvalue weighted by atomic mass is 9.68. The number of carbonyl (C=O) groups is 1. The summed E-state index contributed by atoms with van der Waals surface area (Å²) < 4.78 is 6.16. The van der Waals surface area contributed by atoms with Crippen LogP contribution < -0.4 is 5.32 Å². The third-order valence-corrected chi connectivity index (χ3v) is 7.41. The third-order valence-electron chi connectivity index (χ3n) is 6.74. The second kappa shape index (κ2) is 6.25. The van der Waals surface area contributed by atoms with Crippen molar-refractivity contribution in [1.29, 1.82) is 0 Å². The minimum Gasteiger partial charge on any atom is -0.465 e. The van der Waals surface area contributed by atoms with E-state index in [4.69, 9.17) is 4.74 Å². The Bertz CT molecular complexity index is 863. The van der Waals surface area contributed by atoms with Gasteiger partial charge in [-0.3, -0.25) is 0 Å². The van der Waals surface area contributed by atoms with Crippen LogP contribution >= 0.6 is 22.6 Å². The van der Waals surface area contributed by atoms with Crippen molar-refractivity contribution in [3.05, 3.63) is 62.7 Å². The summed E-state index contributed by atoms with van der Waals surface area (Å²) in [5.41, 5.74) is 4.72. The highest BCUT2D eigenvalue weighted by molar-refractivity contribution is 14.1. The summed E-state index contributed by atoms with van der Waals surface area (Å²) in [4.78, 5) is 11.7. The minimum atomic E-state index is -0.272. The largest absolute Gasteiger partial charge is 0.465 e. The molecule has 0 saturated heterocycles. The first-order valence-electron chi connectivity index (χ1n) is 9.40. The average molecular weight is 459 g/mol. The molecule has 0 unspecified atom stereocenters. The van der Waals surface area contributed by atoms with E-state index in [0.29, 0.717) is 23.4 Å². The number of hydrogen-bond acceptors (Lipinski definition) is 3. The maximum atomic E-state index is 11.7. The van der Waals surface area contributed by atoms with Gasteiger partial charge < -0.3 is 10.1 Å². The highest BCUT2D eigenvalue weighted by atomic mass is 127. The van der Waals surface area contributed by atoms with E-state index in [1.807, 2.05) is 12.1 Å². The van der Waals surface area contributed by atoms with E-state index >= 15 is 0 Å². The van der Waals surface area contributed by atoms with Crippen LogP contribution in [0.15, 0.2) is 42.5 Å². The quantitative estimate of drug-likeness (QED) is 0.485. The molecule has 134 valence electrons. The molecule has 2 aliphatic carbocycles. The van der Waals surface area contributed by atoms with Crippen LogP contribution in [-0.4, -0.2) is 13.1 Å². The topological polar surface area (TPSA) is 38.3 Å². The van der Waals surface area contributed by atoms with Crippen LogP contribution in [0.5, 0.6) is 0 Å². The van der Waals surface area contributed by atoms with Gasteiger partial charge in [0.05, 0.1) is 18.7 Å². The van der Waals surface area contributed by atoms with Gasteiger partial charge in [0, 0.05) is 9.26 Å². The zero-order valence-corrected chi connectivity index (χ0v) is 16.9. The molecule has 2 aromatic rings. The van der Waals surface area contributed by atoms with Gasteiger partial charge >= 0.3 is 5.97 Å². The van der Waals surface area contributed by atoms with Crippen LogP contribution in [0.1, 0.15) is 52.7 Å². The van der Waals surface area contributed by atoms with Gasteiger partial charge in [-0.1, -0.05) is 12.1 Å². The monoisotopic (exact) mass is 459 g/mol. The molecule has 5 atom stereocenters. The molecule has 3 nitrogen and oxygen atoms in total. The molecule has 26 heavy (non-hydrogen) atoms. The Morgan fingerprint density at radius 1 is 1.12 bits per heavy atom. The fourth-order valence-electron chi connectivity index (χ4n) is 5.73. The Balaban J connectivity index is 1.55.